The highest BCUT2D eigenvalue weighted by atomic mass is 35.5. The summed E-state index contributed by atoms with van der Waals surface area (Å²) in [4.78, 5) is 40.5. The summed E-state index contributed by atoms with van der Waals surface area (Å²) >= 11 is 5.55. The first kappa shape index (κ1) is 20.8. The van der Waals surface area contributed by atoms with Crippen molar-refractivity contribution < 1.29 is 23.9 Å². The van der Waals surface area contributed by atoms with Gasteiger partial charge in [-0.3, -0.25) is 9.69 Å². The molecule has 2 atom stereocenters. The number of alkyl halides is 1. The number of ether oxygens (including phenoxy) is 2. The fraction of sp³-hybridized carbons (Fsp3) is 0.833. The van der Waals surface area contributed by atoms with Crippen molar-refractivity contribution in [2.45, 2.75) is 64.0 Å². The summed E-state index contributed by atoms with van der Waals surface area (Å²) in [5.41, 5.74) is 0. The zero-order valence-corrected chi connectivity index (χ0v) is 16.2. The Hall–Kier alpha value is -1.50. The van der Waals surface area contributed by atoms with Crippen LogP contribution in [0.3, 0.4) is 0 Å². The van der Waals surface area contributed by atoms with Crippen LogP contribution in [0.15, 0.2) is 0 Å². The fourth-order valence-electron chi connectivity index (χ4n) is 3.54. The van der Waals surface area contributed by atoms with Gasteiger partial charge in [-0.2, -0.15) is 0 Å². The molecule has 0 radical (unpaired) electrons. The van der Waals surface area contributed by atoms with E-state index in [1.54, 1.807) is 4.90 Å². The van der Waals surface area contributed by atoms with Crippen molar-refractivity contribution in [3.63, 3.8) is 0 Å². The molecule has 0 aromatic carbocycles. The summed E-state index contributed by atoms with van der Waals surface area (Å²) in [6, 6.07) is -1.10. The molecule has 0 saturated carbocycles. The molecule has 0 spiro atoms. The van der Waals surface area contributed by atoms with Gasteiger partial charge in [-0.05, 0) is 32.1 Å². The van der Waals surface area contributed by atoms with Crippen molar-refractivity contribution in [1.29, 1.82) is 0 Å². The van der Waals surface area contributed by atoms with E-state index >= 15 is 0 Å². The molecule has 2 heterocycles. The smallest absolute Gasteiger partial charge is 0.410 e. The lowest BCUT2D eigenvalue weighted by Crippen LogP contribution is -2.51. The van der Waals surface area contributed by atoms with E-state index in [9.17, 15) is 14.4 Å². The number of hydrogen-bond acceptors (Lipinski definition) is 5. The van der Waals surface area contributed by atoms with Crippen LogP contribution < -0.4 is 0 Å². The Morgan fingerprint density at radius 1 is 0.962 bits per heavy atom. The van der Waals surface area contributed by atoms with Crippen LogP contribution in [0.1, 0.15) is 51.9 Å². The summed E-state index contributed by atoms with van der Waals surface area (Å²) < 4.78 is 10.4. The Morgan fingerprint density at radius 2 is 1.65 bits per heavy atom. The molecule has 2 saturated heterocycles. The first-order chi connectivity index (χ1) is 12.6. The Bertz CT molecular complexity index is 502. The van der Waals surface area contributed by atoms with Crippen molar-refractivity contribution in [3.8, 4) is 0 Å². The summed E-state index contributed by atoms with van der Waals surface area (Å²) in [6.07, 6.45) is 5.11. The molecular formula is C18H29ClN2O5. The molecule has 148 valence electrons. The van der Waals surface area contributed by atoms with Crippen LogP contribution in [-0.2, 0) is 19.1 Å². The van der Waals surface area contributed by atoms with E-state index in [0.717, 1.165) is 32.1 Å². The van der Waals surface area contributed by atoms with Gasteiger partial charge >= 0.3 is 12.1 Å². The lowest BCUT2D eigenvalue weighted by molar-refractivity contribution is -0.154. The van der Waals surface area contributed by atoms with E-state index in [-0.39, 0.29) is 24.4 Å². The molecule has 0 aromatic rings. The Balaban J connectivity index is 1.93. The Kier molecular flexibility index (Phi) is 8.48. The van der Waals surface area contributed by atoms with E-state index in [4.69, 9.17) is 21.1 Å². The van der Waals surface area contributed by atoms with Gasteiger partial charge in [0.2, 0.25) is 5.91 Å². The van der Waals surface area contributed by atoms with Crippen LogP contribution in [0.2, 0.25) is 0 Å². The fourth-order valence-corrected chi connectivity index (χ4v) is 3.62. The van der Waals surface area contributed by atoms with Gasteiger partial charge in [0.25, 0.3) is 0 Å². The van der Waals surface area contributed by atoms with Crippen LogP contribution >= 0.6 is 11.6 Å². The minimum Gasteiger partial charge on any atom is -0.464 e. The molecule has 8 heteroatoms. The molecular weight excluding hydrogens is 360 g/mol. The summed E-state index contributed by atoms with van der Waals surface area (Å²) in [5.74, 6) is -0.296. The van der Waals surface area contributed by atoms with Gasteiger partial charge in [0, 0.05) is 13.1 Å². The van der Waals surface area contributed by atoms with Crippen LogP contribution in [0, 0.1) is 0 Å². The number of nitrogens with zero attached hydrogens (tertiary/aromatic N) is 2. The summed E-state index contributed by atoms with van der Waals surface area (Å²) in [6.45, 7) is 3.61. The predicted octanol–water partition coefficient (Wildman–Crippen LogP) is 2.55. The van der Waals surface area contributed by atoms with E-state index < -0.39 is 18.2 Å². The average molecular weight is 389 g/mol. The number of halogens is 1. The number of likely N-dealkylation sites (tertiary alicyclic amines) is 2. The van der Waals surface area contributed by atoms with Crippen molar-refractivity contribution in [1.82, 2.24) is 9.80 Å². The number of hydrogen-bond donors (Lipinski definition) is 0. The van der Waals surface area contributed by atoms with Crippen molar-refractivity contribution in [2.75, 3.05) is 32.2 Å². The standard InChI is InChI=1S/C18H29ClN2O5/c1-2-3-4-12-25-17(23)15-8-6-10-20(15)16(22)14-7-5-11-21(14)18(24)26-13-9-19/h14-15H,2-13H2,1H3. The summed E-state index contributed by atoms with van der Waals surface area (Å²) in [5, 5.41) is 0. The highest BCUT2D eigenvalue weighted by Gasteiger charge is 2.43. The monoisotopic (exact) mass is 388 g/mol. The molecule has 0 aromatic heterocycles. The Labute approximate surface area is 159 Å². The molecule has 2 rings (SSSR count). The minimum absolute atomic E-state index is 0.119. The number of carbonyl (C=O) groups excluding carboxylic acids is 3. The number of carbonyl (C=O) groups is 3. The maximum atomic E-state index is 13.0. The van der Waals surface area contributed by atoms with Gasteiger partial charge < -0.3 is 14.4 Å². The molecule has 0 aliphatic carbocycles. The van der Waals surface area contributed by atoms with Crippen LogP contribution in [0.5, 0.6) is 0 Å². The third kappa shape index (κ3) is 5.25. The van der Waals surface area contributed by atoms with Gasteiger partial charge in [0.1, 0.15) is 18.7 Å². The van der Waals surface area contributed by atoms with Gasteiger partial charge in [-0.25, -0.2) is 9.59 Å². The highest BCUT2D eigenvalue weighted by molar-refractivity contribution is 6.18. The van der Waals surface area contributed by atoms with Crippen LogP contribution in [-0.4, -0.2) is 72.0 Å². The molecule has 2 unspecified atom stereocenters. The molecule has 26 heavy (non-hydrogen) atoms. The average Bonchev–Trinajstić information content (AvgIpc) is 3.31. The maximum Gasteiger partial charge on any atom is 0.410 e. The lowest BCUT2D eigenvalue weighted by Gasteiger charge is -2.30. The van der Waals surface area contributed by atoms with Crippen molar-refractivity contribution in [3.05, 3.63) is 0 Å². The molecule has 2 amide bonds. The highest BCUT2D eigenvalue weighted by Crippen LogP contribution is 2.26. The lowest BCUT2D eigenvalue weighted by atomic mass is 10.1. The van der Waals surface area contributed by atoms with Gasteiger partial charge in [-0.15, -0.1) is 11.6 Å². The third-order valence-corrected chi connectivity index (χ3v) is 5.03. The van der Waals surface area contributed by atoms with E-state index in [2.05, 4.69) is 6.92 Å². The number of esters is 1. The second-order valence-corrected chi connectivity index (χ2v) is 7.10. The largest absolute Gasteiger partial charge is 0.464 e. The van der Waals surface area contributed by atoms with E-state index in [1.807, 2.05) is 0 Å². The molecule has 0 N–H and O–H groups in total. The zero-order chi connectivity index (χ0) is 18.9. The van der Waals surface area contributed by atoms with Crippen molar-refractivity contribution in [2.24, 2.45) is 0 Å². The van der Waals surface area contributed by atoms with Gasteiger partial charge in [0.05, 0.1) is 12.5 Å². The van der Waals surface area contributed by atoms with Crippen molar-refractivity contribution >= 4 is 29.6 Å². The second kappa shape index (κ2) is 10.6. The first-order valence-electron chi connectivity index (χ1n) is 9.56. The molecule has 2 aliphatic heterocycles. The third-order valence-electron chi connectivity index (χ3n) is 4.88. The molecule has 2 fully saturated rings. The Morgan fingerprint density at radius 3 is 2.35 bits per heavy atom. The van der Waals surface area contributed by atoms with Gasteiger partial charge in [0.15, 0.2) is 0 Å². The van der Waals surface area contributed by atoms with E-state index in [1.165, 1.54) is 4.90 Å². The molecule has 0 bridgehead atoms. The normalized spacial score (nSPS) is 22.5. The molecule has 7 nitrogen and oxygen atoms in total. The van der Waals surface area contributed by atoms with Crippen LogP contribution in [0.4, 0.5) is 4.79 Å². The number of unbranched alkanes of at least 4 members (excludes halogenated alkanes) is 2. The first-order valence-corrected chi connectivity index (χ1v) is 10.1. The van der Waals surface area contributed by atoms with Gasteiger partial charge in [-0.1, -0.05) is 19.8 Å². The predicted molar refractivity (Wildman–Crippen MR) is 97.0 cm³/mol. The maximum absolute atomic E-state index is 13.0. The summed E-state index contributed by atoms with van der Waals surface area (Å²) in [7, 11) is 0. The SMILES string of the molecule is CCCCCOC(=O)C1CCCN1C(=O)C1CCCN1C(=O)OCCCl. The van der Waals surface area contributed by atoms with E-state index in [0.29, 0.717) is 32.5 Å². The quantitative estimate of drug-likeness (QED) is 0.363. The molecule has 2 aliphatic rings. The second-order valence-electron chi connectivity index (χ2n) is 6.72. The number of amides is 2. The zero-order valence-electron chi connectivity index (χ0n) is 15.5. The topological polar surface area (TPSA) is 76.2 Å². The number of rotatable bonds is 8. The van der Waals surface area contributed by atoms with Crippen LogP contribution in [0.25, 0.3) is 0 Å². The minimum atomic E-state index is -0.564.